The molecule has 1 rings (SSSR count). The predicted molar refractivity (Wildman–Crippen MR) is 57.6 cm³/mol. The summed E-state index contributed by atoms with van der Waals surface area (Å²) < 4.78 is 0. The van der Waals surface area contributed by atoms with Crippen molar-refractivity contribution in [3.8, 4) is 0 Å². The molecule has 13 heavy (non-hydrogen) atoms. The molecule has 0 aromatic heterocycles. The highest BCUT2D eigenvalue weighted by Crippen LogP contribution is 2.32. The second kappa shape index (κ2) is 5.61. The molecule has 0 aromatic carbocycles. The fourth-order valence-electron chi connectivity index (χ4n) is 1.80. The molecule has 1 saturated carbocycles. The molecule has 2 heteroatoms. The van der Waals surface area contributed by atoms with Crippen molar-refractivity contribution in [3.63, 3.8) is 0 Å². The smallest absolute Gasteiger partial charge is 0.00990 e. The number of nitrogens with two attached hydrogens (primary N) is 1. The molecule has 0 bridgehead atoms. The molecule has 1 aliphatic carbocycles. The van der Waals surface area contributed by atoms with Gasteiger partial charge in [-0.05, 0) is 44.2 Å². The van der Waals surface area contributed by atoms with Crippen LogP contribution in [0.3, 0.4) is 0 Å². The second-order valence-corrected chi connectivity index (χ2v) is 4.45. The molecule has 0 radical (unpaired) electrons. The summed E-state index contributed by atoms with van der Waals surface area (Å²) >= 11 is 0. The summed E-state index contributed by atoms with van der Waals surface area (Å²) in [6, 6.07) is 0.846. The van der Waals surface area contributed by atoms with Crippen LogP contribution < -0.4 is 11.1 Å². The molecule has 2 nitrogen and oxygen atoms in total. The maximum absolute atomic E-state index is 5.55. The largest absolute Gasteiger partial charge is 0.330 e. The Morgan fingerprint density at radius 2 is 2.31 bits per heavy atom. The molecule has 78 valence electrons. The van der Waals surface area contributed by atoms with Crippen LogP contribution in [0.1, 0.15) is 39.5 Å². The van der Waals surface area contributed by atoms with E-state index in [-0.39, 0.29) is 0 Å². The molecule has 0 saturated heterocycles. The van der Waals surface area contributed by atoms with E-state index in [0.717, 1.165) is 18.5 Å². The molecule has 0 amide bonds. The van der Waals surface area contributed by atoms with Crippen molar-refractivity contribution in [3.05, 3.63) is 0 Å². The molecule has 3 N–H and O–H groups in total. The molecular weight excluding hydrogens is 160 g/mol. The average Bonchev–Trinajstić information content (AvgIpc) is 2.90. The summed E-state index contributed by atoms with van der Waals surface area (Å²) in [4.78, 5) is 0. The van der Waals surface area contributed by atoms with Crippen molar-refractivity contribution >= 4 is 0 Å². The summed E-state index contributed by atoms with van der Waals surface area (Å²) in [6.45, 7) is 6.53. The normalized spacial score (nSPS) is 28.8. The minimum Gasteiger partial charge on any atom is -0.330 e. The van der Waals surface area contributed by atoms with Gasteiger partial charge in [-0.1, -0.05) is 20.3 Å². The highest BCUT2D eigenvalue weighted by molar-refractivity contribution is 4.91. The van der Waals surface area contributed by atoms with Gasteiger partial charge in [0, 0.05) is 6.04 Å². The molecule has 0 aromatic rings. The summed E-state index contributed by atoms with van der Waals surface area (Å²) in [5.74, 6) is 1.68. The quantitative estimate of drug-likeness (QED) is 0.592. The third kappa shape index (κ3) is 4.10. The van der Waals surface area contributed by atoms with E-state index in [1.54, 1.807) is 0 Å². The minimum atomic E-state index is 0.697. The first-order valence-corrected chi connectivity index (χ1v) is 5.71. The van der Waals surface area contributed by atoms with Crippen molar-refractivity contribution < 1.29 is 0 Å². The van der Waals surface area contributed by atoms with E-state index in [1.807, 2.05) is 0 Å². The van der Waals surface area contributed by atoms with E-state index in [1.165, 1.54) is 32.2 Å². The van der Waals surface area contributed by atoms with Gasteiger partial charge in [-0.2, -0.15) is 0 Å². The average molecular weight is 184 g/mol. The van der Waals surface area contributed by atoms with Crippen LogP contribution in [0.25, 0.3) is 0 Å². The van der Waals surface area contributed by atoms with Gasteiger partial charge in [0.05, 0.1) is 0 Å². The van der Waals surface area contributed by atoms with Gasteiger partial charge in [-0.15, -0.1) is 0 Å². The first-order valence-electron chi connectivity index (χ1n) is 5.71. The maximum atomic E-state index is 5.55. The summed E-state index contributed by atoms with van der Waals surface area (Å²) in [7, 11) is 0. The lowest BCUT2D eigenvalue weighted by Crippen LogP contribution is -2.21. The minimum absolute atomic E-state index is 0.697. The summed E-state index contributed by atoms with van der Waals surface area (Å²) in [5, 5.41) is 3.60. The van der Waals surface area contributed by atoms with E-state index < -0.39 is 0 Å². The molecule has 0 heterocycles. The maximum Gasteiger partial charge on any atom is 0.00990 e. The molecule has 3 atom stereocenters. The van der Waals surface area contributed by atoms with Crippen LogP contribution in [0.15, 0.2) is 0 Å². The van der Waals surface area contributed by atoms with Gasteiger partial charge in [-0.25, -0.2) is 0 Å². The van der Waals surface area contributed by atoms with Gasteiger partial charge in [0.2, 0.25) is 0 Å². The molecule has 0 spiro atoms. The Labute approximate surface area is 82.3 Å². The predicted octanol–water partition coefficient (Wildman–Crippen LogP) is 1.75. The Kier molecular flexibility index (Phi) is 4.74. The first kappa shape index (κ1) is 11.0. The molecular formula is C11H24N2. The lowest BCUT2D eigenvalue weighted by molar-refractivity contribution is 0.495. The van der Waals surface area contributed by atoms with Crippen molar-refractivity contribution in [1.82, 2.24) is 5.32 Å². The van der Waals surface area contributed by atoms with E-state index in [4.69, 9.17) is 5.73 Å². The summed E-state index contributed by atoms with van der Waals surface area (Å²) in [5.41, 5.74) is 5.55. The van der Waals surface area contributed by atoms with Crippen LogP contribution in [0.5, 0.6) is 0 Å². The van der Waals surface area contributed by atoms with Gasteiger partial charge in [-0.3, -0.25) is 0 Å². The van der Waals surface area contributed by atoms with Crippen molar-refractivity contribution in [1.29, 1.82) is 0 Å². The lowest BCUT2D eigenvalue weighted by Gasteiger charge is -2.08. The van der Waals surface area contributed by atoms with Crippen LogP contribution in [0.4, 0.5) is 0 Å². The van der Waals surface area contributed by atoms with E-state index in [9.17, 15) is 0 Å². The van der Waals surface area contributed by atoms with E-state index in [0.29, 0.717) is 5.92 Å². The van der Waals surface area contributed by atoms with Gasteiger partial charge in [0.25, 0.3) is 0 Å². The Morgan fingerprint density at radius 3 is 2.85 bits per heavy atom. The molecule has 1 fully saturated rings. The van der Waals surface area contributed by atoms with Gasteiger partial charge >= 0.3 is 0 Å². The van der Waals surface area contributed by atoms with Gasteiger partial charge in [0.1, 0.15) is 0 Å². The molecule has 3 unspecified atom stereocenters. The number of nitrogens with one attached hydrogen (secondary N) is 1. The Hall–Kier alpha value is -0.0800. The van der Waals surface area contributed by atoms with Crippen molar-refractivity contribution in [2.75, 3.05) is 13.1 Å². The number of hydrogen-bond donors (Lipinski definition) is 2. The van der Waals surface area contributed by atoms with Crippen LogP contribution in [-0.4, -0.2) is 19.1 Å². The Morgan fingerprint density at radius 1 is 1.54 bits per heavy atom. The van der Waals surface area contributed by atoms with E-state index >= 15 is 0 Å². The van der Waals surface area contributed by atoms with Gasteiger partial charge < -0.3 is 11.1 Å². The molecule has 0 aliphatic heterocycles. The Balaban J connectivity index is 1.85. The lowest BCUT2D eigenvalue weighted by atomic mass is 10.1. The van der Waals surface area contributed by atoms with Crippen molar-refractivity contribution in [2.24, 2.45) is 17.6 Å². The highest BCUT2D eigenvalue weighted by atomic mass is 15.0. The third-order valence-corrected chi connectivity index (χ3v) is 3.13. The van der Waals surface area contributed by atoms with Gasteiger partial charge in [0.15, 0.2) is 0 Å². The fraction of sp³-hybridized carbons (Fsp3) is 1.00. The van der Waals surface area contributed by atoms with Crippen LogP contribution >= 0.6 is 0 Å². The standard InChI is InChI=1S/C11H24N2/c1-3-10-7-11(10)13-6-4-5-9(2)8-12/h9-11,13H,3-8,12H2,1-2H3. The highest BCUT2D eigenvalue weighted by Gasteiger charge is 2.34. The summed E-state index contributed by atoms with van der Waals surface area (Å²) in [6.07, 6.45) is 5.30. The Bertz CT molecular complexity index is 136. The zero-order valence-electron chi connectivity index (χ0n) is 9.05. The molecule has 1 aliphatic rings. The number of hydrogen-bond acceptors (Lipinski definition) is 2. The monoisotopic (exact) mass is 184 g/mol. The number of rotatable bonds is 7. The van der Waals surface area contributed by atoms with E-state index in [2.05, 4.69) is 19.2 Å². The van der Waals surface area contributed by atoms with Crippen LogP contribution in [-0.2, 0) is 0 Å². The topological polar surface area (TPSA) is 38.0 Å². The van der Waals surface area contributed by atoms with Crippen LogP contribution in [0, 0.1) is 11.8 Å². The van der Waals surface area contributed by atoms with Crippen molar-refractivity contribution in [2.45, 2.75) is 45.6 Å². The SMILES string of the molecule is CCC1CC1NCCCC(C)CN. The van der Waals surface area contributed by atoms with Crippen LogP contribution in [0.2, 0.25) is 0 Å². The first-order chi connectivity index (χ1) is 6.27. The zero-order valence-corrected chi connectivity index (χ0v) is 9.05. The second-order valence-electron chi connectivity index (χ2n) is 4.45. The third-order valence-electron chi connectivity index (χ3n) is 3.13. The fourth-order valence-corrected chi connectivity index (χ4v) is 1.80. The zero-order chi connectivity index (χ0) is 9.68.